The van der Waals surface area contributed by atoms with Crippen LogP contribution in [0.2, 0.25) is 0 Å². The summed E-state index contributed by atoms with van der Waals surface area (Å²) in [4.78, 5) is 51.6. The summed E-state index contributed by atoms with van der Waals surface area (Å²) in [6, 6.07) is 6.10. The molecule has 4 fully saturated rings. The Kier molecular flexibility index (Phi) is 11.2. The predicted octanol–water partition coefficient (Wildman–Crippen LogP) is 3.06. The third kappa shape index (κ3) is 6.11. The highest BCUT2D eigenvalue weighted by atomic mass is 32.2. The summed E-state index contributed by atoms with van der Waals surface area (Å²) in [6.07, 6.45) is 4.66. The number of hydrogen-bond donors (Lipinski definition) is 1. The minimum Gasteiger partial charge on any atom is -0.494 e. The second kappa shape index (κ2) is 14.9. The zero-order chi connectivity index (χ0) is 33.0. The third-order valence-electron chi connectivity index (χ3n) is 10.3. The van der Waals surface area contributed by atoms with Crippen LogP contribution >= 0.6 is 11.8 Å². The Balaban J connectivity index is 1.50. The van der Waals surface area contributed by atoms with Crippen molar-refractivity contribution in [2.75, 3.05) is 70.6 Å². The van der Waals surface area contributed by atoms with E-state index in [2.05, 4.69) is 25.0 Å². The average Bonchev–Trinajstić information content (AvgIpc) is 3.67. The number of ether oxygens (including phenoxy) is 2. The standard InChI is InChI=1S/C35H50N4O6S/c1-6-14-37(17-16-36-18-20-44-21-19-36)34(43)31-35-24(5)22-28(46-35)29(30(35)33(42)39(31)25(8-3)23-40)32(41)38(15-7-2)26-10-12-27(13-11-26)45-9-4/h6-7,10-13,24-25,28-31,40H,1-2,8-9,14-23H2,3-5H3/t24?,25-,28+,29-,30-,31?,35?/m0/s1. The van der Waals surface area contributed by atoms with Crippen molar-refractivity contribution < 1.29 is 29.0 Å². The second-order valence-electron chi connectivity index (χ2n) is 12.7. The highest BCUT2D eigenvalue weighted by Gasteiger charge is 2.77. The van der Waals surface area contributed by atoms with Crippen molar-refractivity contribution in [1.29, 1.82) is 0 Å². The quantitative estimate of drug-likeness (QED) is 0.288. The van der Waals surface area contributed by atoms with Crippen LogP contribution in [0, 0.1) is 17.8 Å². The molecule has 7 atom stereocenters. The molecule has 1 aromatic carbocycles. The maximum Gasteiger partial charge on any atom is 0.247 e. The summed E-state index contributed by atoms with van der Waals surface area (Å²) >= 11 is 1.66. The van der Waals surface area contributed by atoms with Gasteiger partial charge in [0.05, 0.1) is 49.1 Å². The van der Waals surface area contributed by atoms with E-state index in [0.29, 0.717) is 58.1 Å². The summed E-state index contributed by atoms with van der Waals surface area (Å²) in [7, 11) is 0. The Labute approximate surface area is 277 Å². The van der Waals surface area contributed by atoms with Crippen molar-refractivity contribution in [3.8, 4) is 5.75 Å². The molecule has 0 saturated carbocycles. The summed E-state index contributed by atoms with van der Waals surface area (Å²) in [5, 5.41) is 10.4. The Morgan fingerprint density at radius 1 is 1.15 bits per heavy atom. The van der Waals surface area contributed by atoms with Gasteiger partial charge >= 0.3 is 0 Å². The zero-order valence-electron chi connectivity index (χ0n) is 27.5. The van der Waals surface area contributed by atoms with Crippen LogP contribution in [0.5, 0.6) is 5.75 Å². The van der Waals surface area contributed by atoms with Crippen LogP contribution in [0.4, 0.5) is 5.69 Å². The van der Waals surface area contributed by atoms with E-state index in [-0.39, 0.29) is 35.5 Å². The van der Waals surface area contributed by atoms with Gasteiger partial charge in [-0.25, -0.2) is 0 Å². The molecule has 46 heavy (non-hydrogen) atoms. The van der Waals surface area contributed by atoms with Crippen LogP contribution in [-0.4, -0.2) is 125 Å². The monoisotopic (exact) mass is 654 g/mol. The molecule has 252 valence electrons. The van der Waals surface area contributed by atoms with E-state index < -0.39 is 28.7 Å². The number of rotatable bonds is 15. The van der Waals surface area contributed by atoms with Crippen molar-refractivity contribution in [3.05, 3.63) is 49.6 Å². The highest BCUT2D eigenvalue weighted by molar-refractivity contribution is 8.02. The molecule has 2 bridgehead atoms. The van der Waals surface area contributed by atoms with E-state index in [1.165, 1.54) is 0 Å². The van der Waals surface area contributed by atoms with Crippen LogP contribution in [0.1, 0.15) is 33.6 Å². The fourth-order valence-electron chi connectivity index (χ4n) is 8.06. The summed E-state index contributed by atoms with van der Waals surface area (Å²) < 4.78 is 10.3. The number of carbonyl (C=O) groups is 3. The third-order valence-corrected chi connectivity index (χ3v) is 12.3. The van der Waals surface area contributed by atoms with E-state index in [1.807, 2.05) is 43.0 Å². The summed E-state index contributed by atoms with van der Waals surface area (Å²) in [6.45, 7) is 18.9. The molecular weight excluding hydrogens is 604 g/mol. The van der Waals surface area contributed by atoms with Gasteiger partial charge in [-0.2, -0.15) is 0 Å². The lowest BCUT2D eigenvalue weighted by Gasteiger charge is -2.42. The van der Waals surface area contributed by atoms with Crippen molar-refractivity contribution in [2.45, 2.75) is 55.7 Å². The van der Waals surface area contributed by atoms with Gasteiger partial charge in [0.15, 0.2) is 0 Å². The number of carbonyl (C=O) groups excluding carboxylic acids is 3. The van der Waals surface area contributed by atoms with E-state index in [4.69, 9.17) is 9.47 Å². The first-order chi connectivity index (χ1) is 22.3. The van der Waals surface area contributed by atoms with E-state index in [0.717, 1.165) is 25.3 Å². The smallest absolute Gasteiger partial charge is 0.247 e. The Morgan fingerprint density at radius 3 is 2.46 bits per heavy atom. The van der Waals surface area contributed by atoms with Crippen LogP contribution in [0.25, 0.3) is 0 Å². The molecular formula is C35H50N4O6S. The van der Waals surface area contributed by atoms with E-state index in [9.17, 15) is 19.5 Å². The molecule has 1 N–H and O–H groups in total. The highest BCUT2D eigenvalue weighted by Crippen LogP contribution is 2.69. The number of benzene rings is 1. The minimum absolute atomic E-state index is 0.0267. The molecule has 1 spiro atoms. The number of aliphatic hydroxyl groups is 1. The van der Waals surface area contributed by atoms with Crippen molar-refractivity contribution in [3.63, 3.8) is 0 Å². The molecule has 4 aliphatic heterocycles. The second-order valence-corrected chi connectivity index (χ2v) is 14.3. The predicted molar refractivity (Wildman–Crippen MR) is 181 cm³/mol. The molecule has 1 aromatic rings. The van der Waals surface area contributed by atoms with E-state index in [1.54, 1.807) is 33.7 Å². The molecule has 5 rings (SSSR count). The van der Waals surface area contributed by atoms with Gasteiger partial charge in [0.2, 0.25) is 17.7 Å². The number of anilines is 1. The Hall–Kier alpha value is -2.86. The average molecular weight is 655 g/mol. The number of morpholine rings is 1. The molecule has 0 radical (unpaired) electrons. The first kappa shape index (κ1) is 34.5. The van der Waals surface area contributed by atoms with Gasteiger partial charge in [-0.1, -0.05) is 26.0 Å². The number of likely N-dealkylation sites (tertiary alicyclic amines) is 1. The van der Waals surface area contributed by atoms with Crippen molar-refractivity contribution in [1.82, 2.24) is 14.7 Å². The van der Waals surface area contributed by atoms with Gasteiger partial charge in [-0.15, -0.1) is 24.9 Å². The fourth-order valence-corrected chi connectivity index (χ4v) is 10.5. The van der Waals surface area contributed by atoms with Gasteiger partial charge in [-0.3, -0.25) is 19.3 Å². The SMILES string of the molecule is C=CCN(CCN1CCOCC1)C(=O)C1N([C@@H](CC)CO)C(=O)[C@@H]2[C@@H](C(=O)N(CC=C)c3ccc(OCC)cc3)[C@H]3CC(C)C12S3. The number of hydrogen-bond acceptors (Lipinski definition) is 8. The maximum atomic E-state index is 14.8. The number of nitrogens with zero attached hydrogens (tertiary/aromatic N) is 4. The van der Waals surface area contributed by atoms with Gasteiger partial charge < -0.3 is 29.3 Å². The lowest BCUT2D eigenvalue weighted by molar-refractivity contribution is -0.145. The number of fused-ring (bicyclic) bond motifs is 1. The molecule has 4 aliphatic rings. The van der Waals surface area contributed by atoms with Crippen molar-refractivity contribution >= 4 is 35.2 Å². The van der Waals surface area contributed by atoms with Gasteiger partial charge in [0, 0.05) is 50.2 Å². The first-order valence-corrected chi connectivity index (χ1v) is 17.6. The van der Waals surface area contributed by atoms with Gasteiger partial charge in [0.25, 0.3) is 0 Å². The largest absolute Gasteiger partial charge is 0.494 e. The molecule has 3 amide bonds. The molecule has 0 aliphatic carbocycles. The number of amides is 3. The topological polar surface area (TPSA) is 103 Å². The van der Waals surface area contributed by atoms with E-state index >= 15 is 0 Å². The zero-order valence-corrected chi connectivity index (χ0v) is 28.3. The molecule has 3 unspecified atom stereocenters. The minimum atomic E-state index is -0.784. The lowest BCUT2D eigenvalue weighted by Crippen LogP contribution is -2.60. The lowest BCUT2D eigenvalue weighted by atomic mass is 9.65. The number of aliphatic hydroxyl groups excluding tert-OH is 1. The van der Waals surface area contributed by atoms with Gasteiger partial charge in [-0.05, 0) is 49.9 Å². The van der Waals surface area contributed by atoms with Crippen LogP contribution < -0.4 is 9.64 Å². The maximum absolute atomic E-state index is 14.8. The molecule has 4 heterocycles. The molecule has 4 saturated heterocycles. The molecule has 0 aromatic heterocycles. The number of thioether (sulfide) groups is 1. The van der Waals surface area contributed by atoms with Crippen LogP contribution in [-0.2, 0) is 19.1 Å². The fraction of sp³-hybridized carbons (Fsp3) is 0.629. The van der Waals surface area contributed by atoms with Crippen LogP contribution in [0.3, 0.4) is 0 Å². The van der Waals surface area contributed by atoms with Crippen LogP contribution in [0.15, 0.2) is 49.6 Å². The molecule has 11 heteroatoms. The van der Waals surface area contributed by atoms with Crippen molar-refractivity contribution in [2.24, 2.45) is 17.8 Å². The Bertz CT molecular complexity index is 1270. The summed E-state index contributed by atoms with van der Waals surface area (Å²) in [5.74, 6) is -0.982. The van der Waals surface area contributed by atoms with Gasteiger partial charge in [0.1, 0.15) is 11.8 Å². The normalized spacial score (nSPS) is 29.3. The first-order valence-electron chi connectivity index (χ1n) is 16.7. The molecule has 10 nitrogen and oxygen atoms in total. The summed E-state index contributed by atoms with van der Waals surface area (Å²) in [5.41, 5.74) is 0.709. The Morgan fingerprint density at radius 2 is 1.85 bits per heavy atom.